The van der Waals surface area contributed by atoms with E-state index in [0.717, 1.165) is 30.4 Å². The van der Waals surface area contributed by atoms with Gasteiger partial charge in [0.25, 0.3) is 0 Å². The average Bonchev–Trinajstić information content (AvgIpc) is 3.13. The Hall–Kier alpha value is -2.09. The lowest BCUT2D eigenvalue weighted by Crippen LogP contribution is -2.42. The van der Waals surface area contributed by atoms with Crippen molar-refractivity contribution in [1.29, 1.82) is 0 Å². The van der Waals surface area contributed by atoms with Crippen molar-refractivity contribution in [3.05, 3.63) is 64.7 Å². The number of ketones is 1. The second kappa shape index (κ2) is 8.69. The Balaban J connectivity index is 1.38. The minimum atomic E-state index is 0.372. The molecule has 0 heterocycles. The number of hydrogen-bond acceptors (Lipinski definition) is 2. The summed E-state index contributed by atoms with van der Waals surface area (Å²) in [4.78, 5) is 11.9. The van der Waals surface area contributed by atoms with Crippen LogP contribution in [0.15, 0.2) is 42.5 Å². The van der Waals surface area contributed by atoms with Gasteiger partial charge in [0, 0.05) is 6.42 Å². The molecule has 5 rings (SSSR count). The number of benzene rings is 2. The van der Waals surface area contributed by atoms with E-state index in [9.17, 15) is 4.79 Å². The first-order valence-corrected chi connectivity index (χ1v) is 12.8. The van der Waals surface area contributed by atoms with Crippen molar-refractivity contribution in [1.82, 2.24) is 0 Å². The van der Waals surface area contributed by atoms with Crippen LogP contribution in [-0.4, -0.2) is 5.78 Å². The van der Waals surface area contributed by atoms with Crippen molar-refractivity contribution in [2.75, 3.05) is 0 Å². The fraction of sp³-hybridized carbons (Fsp3) is 0.567. The number of fused-ring (bicyclic) bond motifs is 5. The molecular formula is C30H38O2. The fourth-order valence-corrected chi connectivity index (χ4v) is 7.58. The summed E-state index contributed by atoms with van der Waals surface area (Å²) in [5.74, 6) is 4.34. The van der Waals surface area contributed by atoms with Crippen LogP contribution in [0, 0.1) is 23.2 Å². The van der Waals surface area contributed by atoms with Gasteiger partial charge in [-0.15, -0.1) is 0 Å². The Kier molecular flexibility index (Phi) is 5.90. The lowest BCUT2D eigenvalue weighted by molar-refractivity contribution is -0.119. The van der Waals surface area contributed by atoms with Crippen LogP contribution in [0.1, 0.15) is 87.5 Å². The Morgan fingerprint density at radius 3 is 2.66 bits per heavy atom. The number of aryl methyl sites for hydroxylation is 2. The van der Waals surface area contributed by atoms with E-state index >= 15 is 0 Å². The van der Waals surface area contributed by atoms with Gasteiger partial charge >= 0.3 is 0 Å². The summed E-state index contributed by atoms with van der Waals surface area (Å²) in [5.41, 5.74) is 6.09. The Morgan fingerprint density at radius 2 is 1.91 bits per heavy atom. The molecule has 0 aromatic heterocycles. The topological polar surface area (TPSA) is 26.3 Å². The first-order chi connectivity index (χ1) is 15.5. The maximum Gasteiger partial charge on any atom is 0.130 e. The maximum atomic E-state index is 11.9. The van der Waals surface area contributed by atoms with Crippen LogP contribution in [0.25, 0.3) is 0 Å². The molecule has 0 aliphatic heterocycles. The van der Waals surface area contributed by atoms with Gasteiger partial charge in [-0.25, -0.2) is 0 Å². The summed E-state index contributed by atoms with van der Waals surface area (Å²) in [5, 5.41) is 0. The molecular weight excluding hydrogens is 392 g/mol. The standard InChI is InChI=1S/C30H38O2/c1-4-22-17-27-23(18-29(22)32-19-21-8-6-5-7-9-21)10-12-26-25(27)14-15-30(3)24(16-20(2)31)11-13-28(26)30/h5-9,17-18,24-26,28H,4,10-16,19H2,1-3H3/t24-,25+,26-,28+,30-/m1/s1. The number of carbonyl (C=O) groups excluding carboxylic acids is 1. The van der Waals surface area contributed by atoms with Crippen molar-refractivity contribution < 1.29 is 9.53 Å². The summed E-state index contributed by atoms with van der Waals surface area (Å²) in [7, 11) is 0. The van der Waals surface area contributed by atoms with E-state index in [1.54, 1.807) is 12.5 Å². The number of carbonyl (C=O) groups is 1. The van der Waals surface area contributed by atoms with Crippen molar-refractivity contribution in [3.8, 4) is 5.75 Å². The van der Waals surface area contributed by atoms with Gasteiger partial charge in [0.05, 0.1) is 0 Å². The molecule has 170 valence electrons. The molecule has 2 saturated carbocycles. The van der Waals surface area contributed by atoms with Gasteiger partial charge in [-0.05, 0) is 109 Å². The van der Waals surface area contributed by atoms with Crippen LogP contribution in [0.3, 0.4) is 0 Å². The van der Waals surface area contributed by atoms with Crippen molar-refractivity contribution in [2.24, 2.45) is 23.2 Å². The van der Waals surface area contributed by atoms with Crippen LogP contribution in [0.5, 0.6) is 5.75 Å². The molecule has 2 aromatic carbocycles. The average molecular weight is 431 g/mol. The highest BCUT2D eigenvalue weighted by molar-refractivity contribution is 5.75. The molecule has 0 radical (unpaired) electrons. The van der Waals surface area contributed by atoms with Gasteiger partial charge in [-0.3, -0.25) is 0 Å². The Labute approximate surface area is 193 Å². The van der Waals surface area contributed by atoms with Gasteiger partial charge in [0.15, 0.2) is 0 Å². The molecule has 2 nitrogen and oxygen atoms in total. The van der Waals surface area contributed by atoms with Crippen molar-refractivity contribution in [3.63, 3.8) is 0 Å². The van der Waals surface area contributed by atoms with Crippen LogP contribution >= 0.6 is 0 Å². The Morgan fingerprint density at radius 1 is 1.09 bits per heavy atom. The second-order valence-corrected chi connectivity index (χ2v) is 10.9. The molecule has 5 atom stereocenters. The quantitative estimate of drug-likeness (QED) is 0.481. The molecule has 0 spiro atoms. The van der Waals surface area contributed by atoms with Crippen LogP contribution in [0.2, 0.25) is 0 Å². The van der Waals surface area contributed by atoms with Gasteiger partial charge < -0.3 is 9.53 Å². The summed E-state index contributed by atoms with van der Waals surface area (Å²) >= 11 is 0. The zero-order valence-electron chi connectivity index (χ0n) is 20.0. The lowest BCUT2D eigenvalue weighted by Gasteiger charge is -2.51. The van der Waals surface area contributed by atoms with Crippen molar-refractivity contribution >= 4 is 5.78 Å². The van der Waals surface area contributed by atoms with E-state index < -0.39 is 0 Å². The normalized spacial score (nSPS) is 30.8. The largest absolute Gasteiger partial charge is 0.489 e. The van der Waals surface area contributed by atoms with Gasteiger partial charge in [-0.2, -0.15) is 0 Å². The maximum absolute atomic E-state index is 11.9. The number of rotatable bonds is 6. The highest BCUT2D eigenvalue weighted by atomic mass is 16.5. The molecule has 2 heteroatoms. The fourth-order valence-electron chi connectivity index (χ4n) is 7.58. The van der Waals surface area contributed by atoms with Crippen LogP contribution < -0.4 is 4.74 Å². The SMILES string of the molecule is CCc1cc2c(cc1OCc1ccccc1)CC[C@@H]1[C@@H]2CC[C@]2(C)[C@@H](CC(C)=O)CC[C@@H]12. The predicted molar refractivity (Wildman–Crippen MR) is 130 cm³/mol. The predicted octanol–water partition coefficient (Wildman–Crippen LogP) is 7.28. The highest BCUT2D eigenvalue weighted by Crippen LogP contribution is 2.63. The smallest absolute Gasteiger partial charge is 0.130 e. The Bertz CT molecular complexity index is 978. The first-order valence-electron chi connectivity index (χ1n) is 12.8. The second-order valence-electron chi connectivity index (χ2n) is 10.9. The molecule has 3 aliphatic rings. The third-order valence-electron chi connectivity index (χ3n) is 9.25. The molecule has 0 unspecified atom stereocenters. The summed E-state index contributed by atoms with van der Waals surface area (Å²) in [6, 6.07) is 15.3. The van der Waals surface area contributed by atoms with Crippen molar-refractivity contribution in [2.45, 2.75) is 84.7 Å². The summed E-state index contributed by atoms with van der Waals surface area (Å²) < 4.78 is 6.32. The number of Topliss-reactive ketones (excluding diaryl/α,β-unsaturated/α-hetero) is 1. The molecule has 0 N–H and O–H groups in total. The van der Waals surface area contributed by atoms with Gasteiger partial charge in [0.2, 0.25) is 0 Å². The highest BCUT2D eigenvalue weighted by Gasteiger charge is 2.54. The third kappa shape index (κ3) is 3.80. The van der Waals surface area contributed by atoms with E-state index in [2.05, 4.69) is 56.3 Å². The molecule has 32 heavy (non-hydrogen) atoms. The van der Waals surface area contributed by atoms with E-state index in [4.69, 9.17) is 4.74 Å². The van der Waals surface area contributed by atoms with E-state index in [1.165, 1.54) is 55.2 Å². The lowest BCUT2D eigenvalue weighted by atomic mass is 9.54. The molecule has 0 amide bonds. The van der Waals surface area contributed by atoms with Crippen LogP contribution in [-0.2, 0) is 24.2 Å². The zero-order valence-corrected chi connectivity index (χ0v) is 20.0. The minimum Gasteiger partial charge on any atom is -0.489 e. The molecule has 3 aliphatic carbocycles. The zero-order chi connectivity index (χ0) is 22.3. The van der Waals surface area contributed by atoms with E-state index in [0.29, 0.717) is 29.6 Å². The third-order valence-corrected chi connectivity index (χ3v) is 9.25. The van der Waals surface area contributed by atoms with E-state index in [1.807, 2.05) is 0 Å². The minimum absolute atomic E-state index is 0.372. The molecule has 0 bridgehead atoms. The van der Waals surface area contributed by atoms with E-state index in [-0.39, 0.29) is 0 Å². The molecule has 2 fully saturated rings. The summed E-state index contributed by atoms with van der Waals surface area (Å²) in [6.45, 7) is 7.18. The summed E-state index contributed by atoms with van der Waals surface area (Å²) in [6.07, 6.45) is 9.42. The molecule has 0 saturated heterocycles. The molecule has 2 aromatic rings. The van der Waals surface area contributed by atoms with Crippen LogP contribution in [0.4, 0.5) is 0 Å². The van der Waals surface area contributed by atoms with Gasteiger partial charge in [0.1, 0.15) is 18.1 Å². The number of ether oxygens (including phenoxy) is 1. The first kappa shape index (κ1) is 21.7. The number of hydrogen-bond donors (Lipinski definition) is 0. The monoisotopic (exact) mass is 430 g/mol. The van der Waals surface area contributed by atoms with Gasteiger partial charge in [-0.1, -0.05) is 50.2 Å².